The summed E-state index contributed by atoms with van der Waals surface area (Å²) >= 11 is 6.03. The van der Waals surface area contributed by atoms with Crippen LogP contribution < -0.4 is 16.0 Å². The molecule has 6 heteroatoms. The van der Waals surface area contributed by atoms with Crippen LogP contribution in [0.25, 0.3) is 0 Å². The highest BCUT2D eigenvalue weighted by Crippen LogP contribution is 2.23. The largest absolute Gasteiger partial charge is 0.369 e. The molecule has 124 valence electrons. The highest BCUT2D eigenvalue weighted by atomic mass is 35.5. The zero-order chi connectivity index (χ0) is 17.1. The lowest BCUT2D eigenvalue weighted by atomic mass is 10.1. The van der Waals surface area contributed by atoms with Crippen LogP contribution in [0.15, 0.2) is 48.5 Å². The summed E-state index contributed by atoms with van der Waals surface area (Å²) in [6, 6.07) is 14.1. The second-order valence-electron chi connectivity index (χ2n) is 5.83. The minimum atomic E-state index is -0.505. The van der Waals surface area contributed by atoms with Crippen LogP contribution in [-0.4, -0.2) is 30.9 Å². The molecule has 1 heterocycles. The SMILES string of the molecule is NC(=O)c1ccc(C(=O)N[C@H]2CCN(c3cccc(Cl)c3)C2)cc1. The number of hydrogen-bond acceptors (Lipinski definition) is 3. The van der Waals surface area contributed by atoms with Crippen LogP contribution in [0.4, 0.5) is 5.69 Å². The summed E-state index contributed by atoms with van der Waals surface area (Å²) in [5.41, 5.74) is 7.16. The van der Waals surface area contributed by atoms with Gasteiger partial charge in [0, 0.05) is 41.0 Å². The van der Waals surface area contributed by atoms with Crippen LogP contribution in [0.2, 0.25) is 5.02 Å². The lowest BCUT2D eigenvalue weighted by Crippen LogP contribution is -2.37. The van der Waals surface area contributed by atoms with E-state index in [2.05, 4.69) is 10.2 Å². The first kappa shape index (κ1) is 16.3. The van der Waals surface area contributed by atoms with E-state index in [1.54, 1.807) is 24.3 Å². The molecular formula is C18H18ClN3O2. The number of nitrogens with two attached hydrogens (primary N) is 1. The molecule has 2 aromatic rings. The fourth-order valence-electron chi connectivity index (χ4n) is 2.84. The lowest BCUT2D eigenvalue weighted by Gasteiger charge is -2.19. The lowest BCUT2D eigenvalue weighted by molar-refractivity contribution is 0.0938. The van der Waals surface area contributed by atoms with E-state index >= 15 is 0 Å². The molecule has 3 N–H and O–H groups in total. The van der Waals surface area contributed by atoms with Crippen molar-refractivity contribution in [3.05, 3.63) is 64.7 Å². The summed E-state index contributed by atoms with van der Waals surface area (Å²) in [7, 11) is 0. The molecule has 5 nitrogen and oxygen atoms in total. The number of benzene rings is 2. The van der Waals surface area contributed by atoms with E-state index in [-0.39, 0.29) is 11.9 Å². The topological polar surface area (TPSA) is 75.4 Å². The number of amides is 2. The number of carbonyl (C=O) groups is 2. The van der Waals surface area contributed by atoms with Crippen LogP contribution in [0.3, 0.4) is 0 Å². The Bertz CT molecular complexity index is 761. The molecule has 0 spiro atoms. The van der Waals surface area contributed by atoms with Crippen LogP contribution in [0.5, 0.6) is 0 Å². The van der Waals surface area contributed by atoms with Crippen LogP contribution in [0.1, 0.15) is 27.1 Å². The molecule has 1 atom stereocenters. The maximum Gasteiger partial charge on any atom is 0.251 e. The molecule has 2 aromatic carbocycles. The van der Waals surface area contributed by atoms with Gasteiger partial charge in [0.25, 0.3) is 5.91 Å². The van der Waals surface area contributed by atoms with Crippen molar-refractivity contribution in [3.63, 3.8) is 0 Å². The summed E-state index contributed by atoms with van der Waals surface area (Å²) in [6.45, 7) is 1.61. The number of hydrogen-bond donors (Lipinski definition) is 2. The van der Waals surface area contributed by atoms with Gasteiger partial charge in [-0.1, -0.05) is 17.7 Å². The molecule has 24 heavy (non-hydrogen) atoms. The average molecular weight is 344 g/mol. The third kappa shape index (κ3) is 3.68. The van der Waals surface area contributed by atoms with Gasteiger partial charge in [0.05, 0.1) is 0 Å². The van der Waals surface area contributed by atoms with Gasteiger partial charge in [-0.05, 0) is 48.9 Å². The smallest absolute Gasteiger partial charge is 0.251 e. The molecule has 0 bridgehead atoms. The standard InChI is InChI=1S/C18H18ClN3O2/c19-14-2-1-3-16(10-14)22-9-8-15(11-22)21-18(24)13-6-4-12(5-7-13)17(20)23/h1-7,10,15H,8-9,11H2,(H2,20,23)(H,21,24)/t15-/m0/s1. The van der Waals surface area contributed by atoms with E-state index in [9.17, 15) is 9.59 Å². The predicted octanol–water partition coefficient (Wildman–Crippen LogP) is 2.45. The molecular weight excluding hydrogens is 326 g/mol. The van der Waals surface area contributed by atoms with Gasteiger partial charge in [0.15, 0.2) is 0 Å². The van der Waals surface area contributed by atoms with Crippen molar-refractivity contribution in [1.82, 2.24) is 5.32 Å². The van der Waals surface area contributed by atoms with Crippen molar-refractivity contribution in [1.29, 1.82) is 0 Å². The van der Waals surface area contributed by atoms with Gasteiger partial charge >= 0.3 is 0 Å². The molecule has 1 aliphatic heterocycles. The number of nitrogens with zero attached hydrogens (tertiary/aromatic N) is 1. The van der Waals surface area contributed by atoms with E-state index in [4.69, 9.17) is 17.3 Å². The molecule has 1 fully saturated rings. The summed E-state index contributed by atoms with van der Waals surface area (Å²) in [5, 5.41) is 3.73. The third-order valence-corrected chi connectivity index (χ3v) is 4.36. The highest BCUT2D eigenvalue weighted by molar-refractivity contribution is 6.30. The van der Waals surface area contributed by atoms with Crippen molar-refractivity contribution in [2.45, 2.75) is 12.5 Å². The van der Waals surface area contributed by atoms with Crippen molar-refractivity contribution >= 4 is 29.1 Å². The number of halogens is 1. The van der Waals surface area contributed by atoms with Crippen LogP contribution in [0, 0.1) is 0 Å². The van der Waals surface area contributed by atoms with E-state index in [1.165, 1.54) is 0 Å². The molecule has 0 radical (unpaired) electrons. The summed E-state index contributed by atoms with van der Waals surface area (Å²) in [4.78, 5) is 25.6. The Balaban J connectivity index is 1.60. The Labute approximate surface area is 145 Å². The first-order chi connectivity index (χ1) is 11.5. The number of anilines is 1. The average Bonchev–Trinajstić information content (AvgIpc) is 3.03. The Morgan fingerprint density at radius 1 is 1.12 bits per heavy atom. The third-order valence-electron chi connectivity index (χ3n) is 4.13. The van der Waals surface area contributed by atoms with Gasteiger partial charge in [0.2, 0.25) is 5.91 Å². The molecule has 0 unspecified atom stereocenters. The summed E-state index contributed by atoms with van der Waals surface area (Å²) < 4.78 is 0. The van der Waals surface area contributed by atoms with E-state index in [0.717, 1.165) is 25.2 Å². The summed E-state index contributed by atoms with van der Waals surface area (Å²) in [6.07, 6.45) is 0.873. The highest BCUT2D eigenvalue weighted by Gasteiger charge is 2.24. The van der Waals surface area contributed by atoms with Gasteiger partial charge in [-0.3, -0.25) is 9.59 Å². The fraction of sp³-hybridized carbons (Fsp3) is 0.222. The second-order valence-corrected chi connectivity index (χ2v) is 6.26. The fourth-order valence-corrected chi connectivity index (χ4v) is 3.02. The van der Waals surface area contributed by atoms with Crippen molar-refractivity contribution in [2.75, 3.05) is 18.0 Å². The molecule has 0 aliphatic carbocycles. The van der Waals surface area contributed by atoms with E-state index < -0.39 is 5.91 Å². The Morgan fingerprint density at radius 2 is 1.83 bits per heavy atom. The zero-order valence-corrected chi connectivity index (χ0v) is 13.8. The minimum absolute atomic E-state index is 0.0762. The van der Waals surface area contributed by atoms with E-state index in [0.29, 0.717) is 16.1 Å². The maximum atomic E-state index is 12.3. The molecule has 0 aromatic heterocycles. The molecule has 1 saturated heterocycles. The van der Waals surface area contributed by atoms with Gasteiger partial charge in [-0.2, -0.15) is 0 Å². The number of carbonyl (C=O) groups excluding carboxylic acids is 2. The van der Waals surface area contributed by atoms with Gasteiger partial charge in [-0.15, -0.1) is 0 Å². The molecule has 3 rings (SSSR count). The Hall–Kier alpha value is -2.53. The summed E-state index contributed by atoms with van der Waals surface area (Å²) in [5.74, 6) is -0.654. The van der Waals surface area contributed by atoms with Crippen molar-refractivity contribution in [2.24, 2.45) is 5.73 Å². The predicted molar refractivity (Wildman–Crippen MR) is 94.5 cm³/mol. The van der Waals surface area contributed by atoms with Crippen molar-refractivity contribution in [3.8, 4) is 0 Å². The number of primary amides is 1. The van der Waals surface area contributed by atoms with Gasteiger partial charge in [-0.25, -0.2) is 0 Å². The Kier molecular flexibility index (Phi) is 4.71. The zero-order valence-electron chi connectivity index (χ0n) is 13.0. The van der Waals surface area contributed by atoms with E-state index in [1.807, 2.05) is 24.3 Å². The quantitative estimate of drug-likeness (QED) is 0.895. The minimum Gasteiger partial charge on any atom is -0.369 e. The van der Waals surface area contributed by atoms with Gasteiger partial charge in [0.1, 0.15) is 0 Å². The number of rotatable bonds is 4. The van der Waals surface area contributed by atoms with Crippen LogP contribution >= 0.6 is 11.6 Å². The van der Waals surface area contributed by atoms with Gasteiger partial charge < -0.3 is 16.0 Å². The maximum absolute atomic E-state index is 12.3. The molecule has 2 amide bonds. The van der Waals surface area contributed by atoms with Crippen molar-refractivity contribution < 1.29 is 9.59 Å². The first-order valence-corrected chi connectivity index (χ1v) is 8.12. The van der Waals surface area contributed by atoms with Crippen LogP contribution in [-0.2, 0) is 0 Å². The number of nitrogens with one attached hydrogen (secondary N) is 1. The molecule has 1 aliphatic rings. The first-order valence-electron chi connectivity index (χ1n) is 7.74. The normalized spacial score (nSPS) is 16.9. The second kappa shape index (κ2) is 6.93. The molecule has 0 saturated carbocycles. The Morgan fingerprint density at radius 3 is 2.50 bits per heavy atom. The monoisotopic (exact) mass is 343 g/mol.